The Kier molecular flexibility index (Phi) is 4.31. The summed E-state index contributed by atoms with van der Waals surface area (Å²) >= 11 is 2.36. The molecule has 1 aliphatic heterocycles. The normalized spacial score (nSPS) is 25.7. The molecule has 94 valence electrons. The molecule has 1 heterocycles. The second-order valence-electron chi connectivity index (χ2n) is 5.09. The zero-order chi connectivity index (χ0) is 12.3. The minimum absolute atomic E-state index is 0.250. The lowest BCUT2D eigenvalue weighted by Gasteiger charge is -2.34. The Bertz CT molecular complexity index is 363. The van der Waals surface area contributed by atoms with Gasteiger partial charge in [0, 0.05) is 27.9 Å². The van der Waals surface area contributed by atoms with E-state index in [9.17, 15) is 0 Å². The number of benzene rings is 1. The number of hydrogen-bond donors (Lipinski definition) is 1. The summed E-state index contributed by atoms with van der Waals surface area (Å²) in [4.78, 5) is 2.51. The van der Waals surface area contributed by atoms with Crippen LogP contribution < -0.4 is 10.2 Å². The van der Waals surface area contributed by atoms with E-state index in [-0.39, 0.29) is 5.54 Å². The van der Waals surface area contributed by atoms with Gasteiger partial charge in [0.25, 0.3) is 0 Å². The summed E-state index contributed by atoms with van der Waals surface area (Å²) < 4.78 is 1.30. The van der Waals surface area contributed by atoms with Crippen LogP contribution in [0.25, 0.3) is 0 Å². The highest BCUT2D eigenvalue weighted by atomic mass is 127. The molecule has 1 atom stereocenters. The summed E-state index contributed by atoms with van der Waals surface area (Å²) in [6.45, 7) is 7.99. The van der Waals surface area contributed by atoms with Gasteiger partial charge in [-0.05, 0) is 73.2 Å². The Balaban J connectivity index is 2.16. The van der Waals surface area contributed by atoms with Crippen LogP contribution in [-0.2, 0) is 0 Å². The zero-order valence-corrected chi connectivity index (χ0v) is 12.8. The van der Waals surface area contributed by atoms with Gasteiger partial charge in [0.1, 0.15) is 0 Å². The monoisotopic (exact) mass is 344 g/mol. The van der Waals surface area contributed by atoms with Gasteiger partial charge < -0.3 is 10.2 Å². The van der Waals surface area contributed by atoms with E-state index in [1.807, 2.05) is 0 Å². The summed E-state index contributed by atoms with van der Waals surface area (Å²) in [5, 5.41) is 3.68. The molecule has 2 nitrogen and oxygen atoms in total. The molecule has 0 radical (unpaired) electrons. The maximum atomic E-state index is 3.68. The zero-order valence-electron chi connectivity index (χ0n) is 10.7. The molecule has 1 fully saturated rings. The van der Waals surface area contributed by atoms with Gasteiger partial charge in [0.2, 0.25) is 0 Å². The van der Waals surface area contributed by atoms with Gasteiger partial charge in [0.05, 0.1) is 0 Å². The lowest BCUT2D eigenvalue weighted by molar-refractivity contribution is 0.366. The number of halogens is 1. The molecule has 0 aromatic heterocycles. The topological polar surface area (TPSA) is 15.3 Å². The van der Waals surface area contributed by atoms with Gasteiger partial charge >= 0.3 is 0 Å². The van der Waals surface area contributed by atoms with E-state index < -0.39 is 0 Å². The number of rotatable bonds is 2. The van der Waals surface area contributed by atoms with Gasteiger partial charge in [-0.3, -0.25) is 0 Å². The first-order valence-electron chi connectivity index (χ1n) is 6.38. The van der Waals surface area contributed by atoms with E-state index in [0.717, 1.165) is 19.6 Å². The molecule has 0 saturated carbocycles. The number of nitrogens with zero attached hydrogens (tertiary/aromatic N) is 1. The molecule has 0 spiro atoms. The van der Waals surface area contributed by atoms with E-state index in [0.29, 0.717) is 0 Å². The van der Waals surface area contributed by atoms with Crippen molar-refractivity contribution in [3.8, 4) is 0 Å². The van der Waals surface area contributed by atoms with Gasteiger partial charge in [-0.2, -0.15) is 0 Å². The molecule has 1 aromatic carbocycles. The molecule has 0 amide bonds. The number of hydrogen-bond acceptors (Lipinski definition) is 2. The predicted molar refractivity (Wildman–Crippen MR) is 82.7 cm³/mol. The Hall–Kier alpha value is -0.290. The summed E-state index contributed by atoms with van der Waals surface area (Å²) in [7, 11) is 0. The molecule has 1 unspecified atom stereocenters. The number of nitrogens with one attached hydrogen (secondary N) is 1. The lowest BCUT2D eigenvalue weighted by Crippen LogP contribution is -2.48. The molecular weight excluding hydrogens is 323 g/mol. The van der Waals surface area contributed by atoms with Crippen LogP contribution in [0.3, 0.4) is 0 Å². The maximum Gasteiger partial charge on any atom is 0.0367 e. The van der Waals surface area contributed by atoms with Crippen molar-refractivity contribution in [2.45, 2.75) is 32.2 Å². The first-order chi connectivity index (χ1) is 8.13. The van der Waals surface area contributed by atoms with Crippen LogP contribution in [0.5, 0.6) is 0 Å². The molecule has 2 rings (SSSR count). The van der Waals surface area contributed by atoms with E-state index >= 15 is 0 Å². The SMILES string of the molecule is CCC1(C)CN(c2ccc(I)cc2)CCCN1. The van der Waals surface area contributed by atoms with Crippen LogP contribution in [0.1, 0.15) is 26.7 Å². The van der Waals surface area contributed by atoms with Crippen LogP contribution in [0.4, 0.5) is 5.69 Å². The van der Waals surface area contributed by atoms with E-state index in [1.54, 1.807) is 0 Å². The highest BCUT2D eigenvalue weighted by Crippen LogP contribution is 2.22. The molecule has 1 aromatic rings. The van der Waals surface area contributed by atoms with Crippen molar-refractivity contribution < 1.29 is 0 Å². The third-order valence-corrected chi connectivity index (χ3v) is 4.39. The Morgan fingerprint density at radius 3 is 2.71 bits per heavy atom. The van der Waals surface area contributed by atoms with Crippen molar-refractivity contribution in [2.75, 3.05) is 24.5 Å². The van der Waals surface area contributed by atoms with Gasteiger partial charge in [-0.15, -0.1) is 0 Å². The van der Waals surface area contributed by atoms with Crippen molar-refractivity contribution in [1.82, 2.24) is 5.32 Å². The maximum absolute atomic E-state index is 3.68. The fourth-order valence-corrected chi connectivity index (χ4v) is 2.68. The van der Waals surface area contributed by atoms with Crippen molar-refractivity contribution in [3.63, 3.8) is 0 Å². The van der Waals surface area contributed by atoms with Gasteiger partial charge in [-0.25, -0.2) is 0 Å². The van der Waals surface area contributed by atoms with Gasteiger partial charge in [0.15, 0.2) is 0 Å². The van der Waals surface area contributed by atoms with Crippen molar-refractivity contribution in [1.29, 1.82) is 0 Å². The van der Waals surface area contributed by atoms with Crippen molar-refractivity contribution >= 4 is 28.3 Å². The van der Waals surface area contributed by atoms with Crippen molar-refractivity contribution in [2.24, 2.45) is 0 Å². The average Bonchev–Trinajstić information content (AvgIpc) is 2.53. The van der Waals surface area contributed by atoms with E-state index in [4.69, 9.17) is 0 Å². The fraction of sp³-hybridized carbons (Fsp3) is 0.571. The third-order valence-electron chi connectivity index (χ3n) is 3.67. The molecule has 17 heavy (non-hydrogen) atoms. The van der Waals surface area contributed by atoms with Crippen molar-refractivity contribution in [3.05, 3.63) is 27.8 Å². The lowest BCUT2D eigenvalue weighted by atomic mass is 9.98. The highest BCUT2D eigenvalue weighted by molar-refractivity contribution is 14.1. The Labute approximate surface area is 118 Å². The molecule has 1 saturated heterocycles. The molecular formula is C14H21IN2. The molecule has 0 bridgehead atoms. The minimum atomic E-state index is 0.250. The summed E-state index contributed by atoms with van der Waals surface area (Å²) in [5.41, 5.74) is 1.60. The molecule has 0 aliphatic carbocycles. The van der Waals surface area contributed by atoms with Crippen LogP contribution >= 0.6 is 22.6 Å². The third kappa shape index (κ3) is 3.35. The largest absolute Gasteiger partial charge is 0.370 e. The summed E-state index contributed by atoms with van der Waals surface area (Å²) in [6, 6.07) is 8.86. The fourth-order valence-electron chi connectivity index (χ4n) is 2.33. The number of anilines is 1. The molecule has 1 aliphatic rings. The summed E-state index contributed by atoms with van der Waals surface area (Å²) in [6.07, 6.45) is 2.40. The predicted octanol–water partition coefficient (Wildman–Crippen LogP) is 3.26. The first kappa shape index (κ1) is 13.1. The van der Waals surface area contributed by atoms with E-state index in [2.05, 4.69) is 70.9 Å². The second kappa shape index (κ2) is 5.57. The highest BCUT2D eigenvalue weighted by Gasteiger charge is 2.27. The van der Waals surface area contributed by atoms with Crippen LogP contribution in [0.2, 0.25) is 0 Å². The van der Waals surface area contributed by atoms with Crippen LogP contribution in [0, 0.1) is 3.57 Å². The minimum Gasteiger partial charge on any atom is -0.370 e. The van der Waals surface area contributed by atoms with Crippen LogP contribution in [-0.4, -0.2) is 25.2 Å². The van der Waals surface area contributed by atoms with Gasteiger partial charge in [-0.1, -0.05) is 6.92 Å². The molecule has 3 heteroatoms. The molecule has 1 N–H and O–H groups in total. The quantitative estimate of drug-likeness (QED) is 0.829. The first-order valence-corrected chi connectivity index (χ1v) is 7.46. The standard InChI is InChI=1S/C14H21IN2/c1-3-14(2)11-17(10-4-9-16-14)13-7-5-12(15)6-8-13/h5-8,16H,3-4,9-11H2,1-2H3. The second-order valence-corrected chi connectivity index (χ2v) is 6.34. The smallest absolute Gasteiger partial charge is 0.0367 e. The Morgan fingerprint density at radius 1 is 1.35 bits per heavy atom. The summed E-state index contributed by atoms with van der Waals surface area (Å²) in [5.74, 6) is 0. The van der Waals surface area contributed by atoms with Crippen LogP contribution in [0.15, 0.2) is 24.3 Å². The average molecular weight is 344 g/mol. The Morgan fingerprint density at radius 2 is 2.06 bits per heavy atom. The van der Waals surface area contributed by atoms with E-state index in [1.165, 1.54) is 22.1 Å².